The van der Waals surface area contributed by atoms with Crippen LogP contribution in [0.5, 0.6) is 5.75 Å². The van der Waals surface area contributed by atoms with E-state index in [4.69, 9.17) is 9.62 Å². The molecule has 0 spiro atoms. The predicted octanol–water partition coefficient (Wildman–Crippen LogP) is 2.27. The average molecular weight is 245 g/mol. The molecule has 1 aromatic heterocycles. The number of phenols is 1. The standard InChI is InChI=1S/C13H11NO4/c15-11-4-2-1-3-9(11)5-6-10-7-8-12(18-10)13(16)14-17/h1-8,15,17H,(H,14,16)/b6-5+. The number of phenolic OH excluding ortho intramolecular Hbond substituents is 1. The number of furan rings is 1. The summed E-state index contributed by atoms with van der Waals surface area (Å²) in [6.07, 6.45) is 3.28. The first-order chi connectivity index (χ1) is 8.70. The van der Waals surface area contributed by atoms with Gasteiger partial charge in [-0.25, -0.2) is 5.48 Å². The number of amides is 1. The number of rotatable bonds is 3. The second-order valence-electron chi connectivity index (χ2n) is 3.54. The highest BCUT2D eigenvalue weighted by atomic mass is 16.5. The van der Waals surface area contributed by atoms with E-state index in [1.165, 1.54) is 11.5 Å². The smallest absolute Gasteiger partial charge is 0.310 e. The molecule has 3 N–H and O–H groups in total. The van der Waals surface area contributed by atoms with E-state index in [1.54, 1.807) is 42.5 Å². The lowest BCUT2D eigenvalue weighted by Crippen LogP contribution is -2.17. The van der Waals surface area contributed by atoms with Gasteiger partial charge in [-0.3, -0.25) is 10.0 Å². The highest BCUT2D eigenvalue weighted by Crippen LogP contribution is 2.19. The van der Waals surface area contributed by atoms with E-state index < -0.39 is 5.91 Å². The third-order valence-electron chi connectivity index (χ3n) is 2.32. The Morgan fingerprint density at radius 1 is 1.17 bits per heavy atom. The molecular formula is C13H11NO4. The van der Waals surface area contributed by atoms with Gasteiger partial charge in [0.1, 0.15) is 11.5 Å². The van der Waals surface area contributed by atoms with Crippen LogP contribution in [0.3, 0.4) is 0 Å². The van der Waals surface area contributed by atoms with Gasteiger partial charge in [0, 0.05) is 5.56 Å². The zero-order chi connectivity index (χ0) is 13.0. The van der Waals surface area contributed by atoms with Crippen LogP contribution in [0.2, 0.25) is 0 Å². The highest BCUT2D eigenvalue weighted by molar-refractivity contribution is 5.90. The van der Waals surface area contributed by atoms with Crippen LogP contribution in [0.1, 0.15) is 21.9 Å². The molecule has 0 saturated carbocycles. The molecule has 0 aliphatic rings. The Balaban J connectivity index is 2.17. The fraction of sp³-hybridized carbons (Fsp3) is 0. The Morgan fingerprint density at radius 3 is 2.67 bits per heavy atom. The van der Waals surface area contributed by atoms with Gasteiger partial charge in [0.25, 0.3) is 0 Å². The number of hydroxylamine groups is 1. The minimum atomic E-state index is -0.711. The molecule has 0 unspecified atom stereocenters. The molecular weight excluding hydrogens is 234 g/mol. The van der Waals surface area contributed by atoms with Gasteiger partial charge < -0.3 is 9.52 Å². The Labute approximate surface area is 103 Å². The van der Waals surface area contributed by atoms with Crippen LogP contribution in [0.15, 0.2) is 40.8 Å². The van der Waals surface area contributed by atoms with Crippen LogP contribution in [0.4, 0.5) is 0 Å². The van der Waals surface area contributed by atoms with Gasteiger partial charge in [0.2, 0.25) is 0 Å². The maximum atomic E-state index is 11.0. The Bertz CT molecular complexity index is 586. The molecule has 0 fully saturated rings. The van der Waals surface area contributed by atoms with Crippen molar-refractivity contribution >= 4 is 18.1 Å². The highest BCUT2D eigenvalue weighted by Gasteiger charge is 2.08. The molecule has 0 bridgehead atoms. The van der Waals surface area contributed by atoms with Crippen LogP contribution < -0.4 is 5.48 Å². The summed E-state index contributed by atoms with van der Waals surface area (Å²) in [5.74, 6) is -0.0999. The molecule has 5 heteroatoms. The van der Waals surface area contributed by atoms with Crippen LogP contribution in [0.25, 0.3) is 12.2 Å². The molecule has 0 aliphatic heterocycles. The first-order valence-corrected chi connectivity index (χ1v) is 5.21. The van der Waals surface area contributed by atoms with Gasteiger partial charge in [0.15, 0.2) is 5.76 Å². The Hall–Kier alpha value is -2.53. The van der Waals surface area contributed by atoms with Crippen molar-refractivity contribution in [2.75, 3.05) is 0 Å². The second-order valence-corrected chi connectivity index (χ2v) is 3.54. The lowest BCUT2D eigenvalue weighted by molar-refractivity contribution is 0.0675. The number of aromatic hydroxyl groups is 1. The van der Waals surface area contributed by atoms with E-state index in [9.17, 15) is 9.90 Å². The predicted molar refractivity (Wildman–Crippen MR) is 65.0 cm³/mol. The second kappa shape index (κ2) is 5.20. The maximum absolute atomic E-state index is 11.0. The molecule has 0 radical (unpaired) electrons. The van der Waals surface area contributed by atoms with Crippen LogP contribution in [-0.2, 0) is 0 Å². The van der Waals surface area contributed by atoms with Crippen LogP contribution >= 0.6 is 0 Å². The molecule has 1 amide bonds. The molecule has 5 nitrogen and oxygen atoms in total. The van der Waals surface area contributed by atoms with Crippen LogP contribution in [-0.4, -0.2) is 16.2 Å². The molecule has 1 heterocycles. The fourth-order valence-corrected chi connectivity index (χ4v) is 1.42. The number of hydrogen-bond acceptors (Lipinski definition) is 4. The number of carbonyl (C=O) groups excluding carboxylic acids is 1. The molecule has 2 aromatic rings. The van der Waals surface area contributed by atoms with Gasteiger partial charge in [0.05, 0.1) is 0 Å². The van der Waals surface area contributed by atoms with Gasteiger partial charge in [-0.05, 0) is 30.4 Å². The molecule has 0 atom stereocenters. The van der Waals surface area contributed by atoms with E-state index in [0.717, 1.165) is 0 Å². The molecule has 2 rings (SSSR count). The number of para-hydroxylation sites is 1. The van der Waals surface area contributed by atoms with Gasteiger partial charge in [-0.15, -0.1) is 0 Å². The van der Waals surface area contributed by atoms with Crippen molar-refractivity contribution in [1.29, 1.82) is 0 Å². The summed E-state index contributed by atoms with van der Waals surface area (Å²) in [7, 11) is 0. The van der Waals surface area contributed by atoms with E-state index in [2.05, 4.69) is 0 Å². The maximum Gasteiger partial charge on any atom is 0.310 e. The summed E-state index contributed by atoms with van der Waals surface area (Å²) in [4.78, 5) is 11.0. The van der Waals surface area contributed by atoms with Gasteiger partial charge >= 0.3 is 5.91 Å². The lowest BCUT2D eigenvalue weighted by Gasteiger charge is -1.96. The zero-order valence-corrected chi connectivity index (χ0v) is 9.33. The molecule has 0 aliphatic carbocycles. The van der Waals surface area contributed by atoms with Crippen molar-refractivity contribution in [2.24, 2.45) is 0 Å². The third-order valence-corrected chi connectivity index (χ3v) is 2.32. The normalized spacial score (nSPS) is 10.7. The van der Waals surface area contributed by atoms with Crippen molar-refractivity contribution in [2.45, 2.75) is 0 Å². The summed E-state index contributed by atoms with van der Waals surface area (Å²) >= 11 is 0. The topological polar surface area (TPSA) is 82.7 Å². The minimum Gasteiger partial charge on any atom is -0.507 e. The van der Waals surface area contributed by atoms with Crippen molar-refractivity contribution in [1.82, 2.24) is 5.48 Å². The van der Waals surface area contributed by atoms with Crippen molar-refractivity contribution in [3.63, 3.8) is 0 Å². The largest absolute Gasteiger partial charge is 0.507 e. The summed E-state index contributed by atoms with van der Waals surface area (Å²) < 4.78 is 5.16. The lowest BCUT2D eigenvalue weighted by atomic mass is 10.2. The van der Waals surface area contributed by atoms with E-state index in [-0.39, 0.29) is 11.5 Å². The minimum absolute atomic E-state index is 0.00873. The number of nitrogens with one attached hydrogen (secondary N) is 1. The quantitative estimate of drug-likeness (QED) is 0.572. The summed E-state index contributed by atoms with van der Waals surface area (Å²) in [5, 5.41) is 18.0. The van der Waals surface area contributed by atoms with Gasteiger partial charge in [-0.1, -0.05) is 18.2 Å². The SMILES string of the molecule is O=C(NO)c1ccc(/C=C/c2ccccc2O)o1. The zero-order valence-electron chi connectivity index (χ0n) is 9.33. The van der Waals surface area contributed by atoms with E-state index in [0.29, 0.717) is 11.3 Å². The summed E-state index contributed by atoms with van der Waals surface area (Å²) in [6.45, 7) is 0. The van der Waals surface area contributed by atoms with Crippen LogP contribution in [0, 0.1) is 0 Å². The van der Waals surface area contributed by atoms with Gasteiger partial charge in [-0.2, -0.15) is 0 Å². The summed E-state index contributed by atoms with van der Waals surface area (Å²) in [6, 6.07) is 9.87. The molecule has 1 aromatic carbocycles. The number of benzene rings is 1. The summed E-state index contributed by atoms with van der Waals surface area (Å²) in [5.41, 5.74) is 2.12. The van der Waals surface area contributed by atoms with E-state index in [1.807, 2.05) is 0 Å². The fourth-order valence-electron chi connectivity index (χ4n) is 1.42. The monoisotopic (exact) mass is 245 g/mol. The first kappa shape index (κ1) is 11.9. The average Bonchev–Trinajstić information content (AvgIpc) is 2.86. The molecule has 18 heavy (non-hydrogen) atoms. The van der Waals surface area contributed by atoms with Crippen molar-refractivity contribution in [3.8, 4) is 5.75 Å². The molecule has 0 saturated heterocycles. The van der Waals surface area contributed by atoms with Crippen molar-refractivity contribution < 1.29 is 19.5 Å². The molecule has 92 valence electrons. The third kappa shape index (κ3) is 2.58. The van der Waals surface area contributed by atoms with Crippen molar-refractivity contribution in [3.05, 3.63) is 53.5 Å². The number of hydrogen-bond donors (Lipinski definition) is 3. The first-order valence-electron chi connectivity index (χ1n) is 5.21. The Kier molecular flexibility index (Phi) is 3.45. The van der Waals surface area contributed by atoms with E-state index >= 15 is 0 Å². The Morgan fingerprint density at radius 2 is 1.94 bits per heavy atom. The number of carbonyl (C=O) groups is 1.